The zero-order chi connectivity index (χ0) is 52.3. The number of ether oxygens (including phenoxy) is 6. The van der Waals surface area contributed by atoms with Crippen LogP contribution in [0.3, 0.4) is 0 Å². The van der Waals surface area contributed by atoms with Crippen molar-refractivity contribution < 1.29 is 57.2 Å². The minimum Gasteiger partial charge on any atom is -0.426 e. The number of halogens is 6. The fraction of sp³-hybridized carbons (Fsp3) is 0.222. The van der Waals surface area contributed by atoms with Gasteiger partial charge >= 0.3 is 35.8 Å². The fourth-order valence-corrected chi connectivity index (χ4v) is 12.0. The summed E-state index contributed by atoms with van der Waals surface area (Å²) in [7, 11) is 0. The Labute approximate surface area is 465 Å². The molecule has 18 heteroatoms. The van der Waals surface area contributed by atoms with Gasteiger partial charge in [-0.2, -0.15) is 0 Å². The standard InChI is InChI=1S/C54H42Br6O12/c1-25(61)67-49-31-7-33-15-44(56)17-35(50(33)68-26(2)62)9-37-19-46(58)21-39(52(37)70-28(4)64)11-41-23-48(60)24-42(54(41)72-30(6)66)12-40-22-47(59)20-38(53(40)71-29(5)65)10-36-18-45(57)16-34(51(36)69-27(3)63)8-32(49)14-43(55)13-31/h13-24H,7-12H2,1-6H3. The third-order valence-corrected chi connectivity index (χ3v) is 13.8. The van der Waals surface area contributed by atoms with E-state index in [0.29, 0.717) is 93.6 Å². The molecular formula is C54H42Br6O12. The van der Waals surface area contributed by atoms with Crippen molar-refractivity contribution in [3.8, 4) is 34.5 Å². The number of rotatable bonds is 6. The quantitative estimate of drug-likeness (QED) is 0.115. The van der Waals surface area contributed by atoms with Crippen molar-refractivity contribution in [1.29, 1.82) is 0 Å². The molecule has 1 aliphatic carbocycles. The molecule has 12 bridgehead atoms. The van der Waals surface area contributed by atoms with Crippen molar-refractivity contribution in [2.75, 3.05) is 0 Å². The first-order chi connectivity index (χ1) is 34.0. The van der Waals surface area contributed by atoms with Gasteiger partial charge in [-0.3, -0.25) is 28.8 Å². The maximum absolute atomic E-state index is 13.0. The van der Waals surface area contributed by atoms with Gasteiger partial charge in [0.15, 0.2) is 0 Å². The number of hydrogen-bond acceptors (Lipinski definition) is 12. The summed E-state index contributed by atoms with van der Waals surface area (Å²) in [5.74, 6) is -2.17. The van der Waals surface area contributed by atoms with Gasteiger partial charge in [-0.05, 0) is 72.8 Å². The molecule has 6 aromatic rings. The Morgan fingerprint density at radius 3 is 0.431 bits per heavy atom. The second-order valence-corrected chi connectivity index (χ2v) is 22.4. The fourth-order valence-electron chi connectivity index (χ4n) is 8.73. The molecule has 0 N–H and O–H groups in total. The maximum atomic E-state index is 13.0. The average Bonchev–Trinajstić information content (AvgIpc) is 3.24. The van der Waals surface area contributed by atoms with Gasteiger partial charge < -0.3 is 28.4 Å². The molecule has 0 radical (unpaired) electrons. The van der Waals surface area contributed by atoms with Crippen LogP contribution in [0.15, 0.2) is 99.6 Å². The van der Waals surface area contributed by atoms with Gasteiger partial charge in [0.05, 0.1) is 0 Å². The summed E-state index contributed by atoms with van der Waals surface area (Å²) in [6, 6.07) is 21.7. The van der Waals surface area contributed by atoms with Gasteiger partial charge in [-0.1, -0.05) is 95.6 Å². The summed E-state index contributed by atoms with van der Waals surface area (Å²) in [6.07, 6.45) is 0.497. The van der Waals surface area contributed by atoms with E-state index in [1.165, 1.54) is 41.5 Å². The third kappa shape index (κ3) is 13.8. The van der Waals surface area contributed by atoms with Crippen LogP contribution in [0, 0.1) is 0 Å². The largest absolute Gasteiger partial charge is 0.426 e. The molecule has 6 aromatic carbocycles. The van der Waals surface area contributed by atoms with E-state index >= 15 is 0 Å². The van der Waals surface area contributed by atoms with Crippen molar-refractivity contribution in [3.05, 3.63) is 166 Å². The molecule has 0 unspecified atom stereocenters. The zero-order valence-corrected chi connectivity index (χ0v) is 48.9. The first-order valence-corrected chi connectivity index (χ1v) is 26.7. The smallest absolute Gasteiger partial charge is 0.308 e. The van der Waals surface area contributed by atoms with Gasteiger partial charge in [-0.25, -0.2) is 0 Å². The number of fused-ring (bicyclic) bond motifs is 12. The summed E-state index contributed by atoms with van der Waals surface area (Å²) < 4.78 is 40.1. The van der Waals surface area contributed by atoms with Crippen molar-refractivity contribution in [2.24, 2.45) is 0 Å². The lowest BCUT2D eigenvalue weighted by Gasteiger charge is -2.22. The number of esters is 6. The molecule has 0 amide bonds. The van der Waals surface area contributed by atoms with E-state index in [0.717, 1.165) is 0 Å². The molecule has 372 valence electrons. The van der Waals surface area contributed by atoms with E-state index in [1.54, 1.807) is 0 Å². The second kappa shape index (κ2) is 23.5. The average molecular weight is 1360 g/mol. The van der Waals surface area contributed by atoms with Crippen LogP contribution in [0.4, 0.5) is 0 Å². The Kier molecular flexibility index (Phi) is 17.9. The van der Waals surface area contributed by atoms with Crippen LogP contribution in [0.2, 0.25) is 0 Å². The molecule has 12 nitrogen and oxygen atoms in total. The monoisotopic (exact) mass is 1360 g/mol. The van der Waals surface area contributed by atoms with Crippen LogP contribution in [-0.4, -0.2) is 35.8 Å². The first-order valence-electron chi connectivity index (χ1n) is 22.0. The summed E-state index contributed by atoms with van der Waals surface area (Å²) in [6.45, 7) is 7.77. The van der Waals surface area contributed by atoms with Crippen molar-refractivity contribution in [1.82, 2.24) is 0 Å². The van der Waals surface area contributed by atoms with Crippen molar-refractivity contribution in [2.45, 2.75) is 80.1 Å². The van der Waals surface area contributed by atoms with Gasteiger partial charge in [0, 0.05) is 174 Å². The highest BCUT2D eigenvalue weighted by Crippen LogP contribution is 2.44. The molecular weight excluding hydrogens is 1320 g/mol. The Balaban J connectivity index is 1.59. The molecule has 1 aliphatic rings. The molecule has 7 rings (SSSR count). The van der Waals surface area contributed by atoms with E-state index in [9.17, 15) is 28.8 Å². The van der Waals surface area contributed by atoms with Crippen LogP contribution in [0.25, 0.3) is 0 Å². The first kappa shape index (κ1) is 54.8. The highest BCUT2D eigenvalue weighted by atomic mass is 79.9. The van der Waals surface area contributed by atoms with E-state index < -0.39 is 35.8 Å². The molecule has 0 heterocycles. The normalized spacial score (nSPS) is 12.2. The number of benzene rings is 6. The van der Waals surface area contributed by atoms with Crippen molar-refractivity contribution in [3.63, 3.8) is 0 Å². The molecule has 0 saturated heterocycles. The summed E-state index contributed by atoms with van der Waals surface area (Å²) in [5.41, 5.74) is 6.51. The van der Waals surface area contributed by atoms with Crippen LogP contribution in [-0.2, 0) is 67.3 Å². The summed E-state index contributed by atoms with van der Waals surface area (Å²) in [4.78, 5) is 78.0. The van der Waals surface area contributed by atoms with Crippen LogP contribution < -0.4 is 28.4 Å². The lowest BCUT2D eigenvalue weighted by molar-refractivity contribution is -0.133. The summed E-state index contributed by atoms with van der Waals surface area (Å²) >= 11 is 22.1. The molecule has 0 aliphatic heterocycles. The van der Waals surface area contributed by atoms with E-state index in [2.05, 4.69) is 95.6 Å². The Morgan fingerprint density at radius 2 is 0.347 bits per heavy atom. The lowest BCUT2D eigenvalue weighted by atomic mass is 9.91. The minimum atomic E-state index is -0.594. The highest BCUT2D eigenvalue weighted by Gasteiger charge is 2.27. The topological polar surface area (TPSA) is 158 Å². The Bertz CT molecular complexity index is 2560. The Morgan fingerprint density at radius 1 is 0.250 bits per heavy atom. The molecule has 72 heavy (non-hydrogen) atoms. The predicted octanol–water partition coefficient (Wildman–Crippen LogP) is 13.7. The number of carbonyl (C=O) groups excluding carboxylic acids is 6. The van der Waals surface area contributed by atoms with E-state index in [4.69, 9.17) is 28.4 Å². The predicted molar refractivity (Wildman–Crippen MR) is 290 cm³/mol. The molecule has 0 saturated carbocycles. The second-order valence-electron chi connectivity index (χ2n) is 16.9. The zero-order valence-electron chi connectivity index (χ0n) is 39.3. The molecule has 0 aromatic heterocycles. The maximum Gasteiger partial charge on any atom is 0.308 e. The highest BCUT2D eigenvalue weighted by molar-refractivity contribution is 9.11. The number of hydrogen-bond donors (Lipinski definition) is 0. The molecule has 0 atom stereocenters. The summed E-state index contributed by atoms with van der Waals surface area (Å²) in [5, 5.41) is 0. The van der Waals surface area contributed by atoms with Crippen LogP contribution in [0.1, 0.15) is 108 Å². The lowest BCUT2D eigenvalue weighted by Crippen LogP contribution is -2.13. The van der Waals surface area contributed by atoms with E-state index in [-0.39, 0.29) is 73.0 Å². The van der Waals surface area contributed by atoms with Crippen LogP contribution in [0.5, 0.6) is 34.5 Å². The van der Waals surface area contributed by atoms with Gasteiger partial charge in [0.1, 0.15) is 34.5 Å². The number of carbonyl (C=O) groups is 6. The molecule has 0 fully saturated rings. The SMILES string of the molecule is CC(=O)Oc1c2cc(Br)cc1Cc1cc(Br)cc(c1OC(C)=O)Cc1cc(Br)cc(c1OC(C)=O)Cc1cc(Br)cc(c1OC(C)=O)Cc1cc(Br)cc(c1OC(C)=O)Cc1cc(Br)cc(c1OC(C)=O)C2. The van der Waals surface area contributed by atoms with Gasteiger partial charge in [0.2, 0.25) is 0 Å². The minimum absolute atomic E-state index is 0.0828. The van der Waals surface area contributed by atoms with Gasteiger partial charge in [0.25, 0.3) is 0 Å². The Hall–Kier alpha value is -4.98. The van der Waals surface area contributed by atoms with Gasteiger partial charge in [-0.15, -0.1) is 0 Å². The molecule has 0 spiro atoms. The van der Waals surface area contributed by atoms with Crippen LogP contribution >= 0.6 is 95.6 Å². The van der Waals surface area contributed by atoms with E-state index in [1.807, 2.05) is 72.8 Å². The third-order valence-electron chi connectivity index (χ3n) is 11.0. The van der Waals surface area contributed by atoms with Crippen molar-refractivity contribution >= 4 is 131 Å².